The predicted octanol–water partition coefficient (Wildman–Crippen LogP) is 2.00. The van der Waals surface area contributed by atoms with E-state index in [4.69, 9.17) is 10.00 Å². The first-order valence-electron chi connectivity index (χ1n) is 7.53. The fraction of sp³-hybridized carbons (Fsp3) is 0.412. The Balaban J connectivity index is 2.84. The molecule has 1 aromatic rings. The molecular formula is C17H20N2O5. The van der Waals surface area contributed by atoms with Gasteiger partial charge < -0.3 is 9.57 Å². The Morgan fingerprint density at radius 3 is 2.42 bits per heavy atom. The van der Waals surface area contributed by atoms with Gasteiger partial charge in [0, 0.05) is 6.92 Å². The van der Waals surface area contributed by atoms with E-state index in [0.717, 1.165) is 0 Å². The molecule has 24 heavy (non-hydrogen) atoms. The number of nitriles is 1. The maximum absolute atomic E-state index is 12.4. The molecule has 0 radical (unpaired) electrons. The summed E-state index contributed by atoms with van der Waals surface area (Å²) in [6.07, 6.45) is 0.331. The van der Waals surface area contributed by atoms with E-state index in [1.54, 1.807) is 38.1 Å². The van der Waals surface area contributed by atoms with Crippen molar-refractivity contribution in [2.45, 2.75) is 40.2 Å². The third kappa shape index (κ3) is 4.56. The van der Waals surface area contributed by atoms with Crippen LogP contribution >= 0.6 is 0 Å². The molecule has 0 heterocycles. The van der Waals surface area contributed by atoms with Crippen molar-refractivity contribution in [3.8, 4) is 6.07 Å². The molecule has 7 heteroatoms. The molecule has 0 aliphatic carbocycles. The van der Waals surface area contributed by atoms with Gasteiger partial charge in [-0.15, -0.1) is 0 Å². The summed E-state index contributed by atoms with van der Waals surface area (Å²) in [6, 6.07) is 8.63. The monoisotopic (exact) mass is 332 g/mol. The standard InChI is InChI=1S/C17H20N2O5/c1-4-17(5-2,16(22)24-19-12(3)20)15(21)23-11-14-8-6-7-13(9-14)10-18/h6-9H,4-5,11H2,1-3H3,(H,19,20). The van der Waals surface area contributed by atoms with Gasteiger partial charge in [-0.1, -0.05) is 26.0 Å². The molecule has 0 spiro atoms. The number of rotatable bonds is 6. The zero-order valence-corrected chi connectivity index (χ0v) is 13.9. The quantitative estimate of drug-likeness (QED) is 0.485. The zero-order valence-electron chi connectivity index (χ0n) is 13.9. The van der Waals surface area contributed by atoms with Crippen LogP contribution in [0.2, 0.25) is 0 Å². The molecule has 0 fully saturated rings. The van der Waals surface area contributed by atoms with E-state index >= 15 is 0 Å². The summed E-state index contributed by atoms with van der Waals surface area (Å²) in [7, 11) is 0. The normalized spacial score (nSPS) is 10.4. The van der Waals surface area contributed by atoms with Gasteiger partial charge in [0.2, 0.25) is 5.91 Å². The first-order chi connectivity index (χ1) is 11.4. The van der Waals surface area contributed by atoms with Gasteiger partial charge in [0.15, 0.2) is 5.41 Å². The van der Waals surface area contributed by atoms with Crippen molar-refractivity contribution in [1.82, 2.24) is 5.48 Å². The minimum Gasteiger partial charge on any atom is -0.460 e. The molecule has 1 amide bonds. The third-order valence-corrected chi connectivity index (χ3v) is 3.70. The van der Waals surface area contributed by atoms with Crippen molar-refractivity contribution in [2.24, 2.45) is 5.41 Å². The van der Waals surface area contributed by atoms with Crippen molar-refractivity contribution < 1.29 is 24.0 Å². The van der Waals surface area contributed by atoms with Crippen LogP contribution in [0.3, 0.4) is 0 Å². The Labute approximate surface area is 140 Å². The van der Waals surface area contributed by atoms with Gasteiger partial charge in [0.05, 0.1) is 11.6 Å². The van der Waals surface area contributed by atoms with Crippen LogP contribution in [0.15, 0.2) is 24.3 Å². The summed E-state index contributed by atoms with van der Waals surface area (Å²) >= 11 is 0. The average Bonchev–Trinajstić information content (AvgIpc) is 2.59. The molecule has 0 bridgehead atoms. The molecule has 0 unspecified atom stereocenters. The number of benzene rings is 1. The van der Waals surface area contributed by atoms with Crippen LogP contribution in [0.5, 0.6) is 0 Å². The van der Waals surface area contributed by atoms with Crippen LogP contribution < -0.4 is 5.48 Å². The number of amides is 1. The first kappa shape index (κ1) is 19.2. The number of carbonyl (C=O) groups is 3. The number of nitrogens with one attached hydrogen (secondary N) is 1. The Morgan fingerprint density at radius 1 is 1.21 bits per heavy atom. The fourth-order valence-corrected chi connectivity index (χ4v) is 2.14. The van der Waals surface area contributed by atoms with Crippen LogP contribution in [0, 0.1) is 16.7 Å². The number of hydroxylamine groups is 1. The summed E-state index contributed by atoms with van der Waals surface area (Å²) in [5.41, 5.74) is 1.53. The van der Waals surface area contributed by atoms with Crippen LogP contribution in [-0.4, -0.2) is 17.8 Å². The SMILES string of the molecule is CCC(CC)(C(=O)OCc1cccc(C#N)c1)C(=O)ONC(C)=O. The summed E-state index contributed by atoms with van der Waals surface area (Å²) < 4.78 is 5.24. The van der Waals surface area contributed by atoms with E-state index in [0.29, 0.717) is 11.1 Å². The minimum absolute atomic E-state index is 0.0660. The highest BCUT2D eigenvalue weighted by Crippen LogP contribution is 2.30. The highest BCUT2D eigenvalue weighted by atomic mass is 16.7. The van der Waals surface area contributed by atoms with Crippen molar-refractivity contribution in [3.63, 3.8) is 0 Å². The number of esters is 1. The molecule has 0 saturated heterocycles. The van der Waals surface area contributed by atoms with E-state index in [2.05, 4.69) is 4.84 Å². The van der Waals surface area contributed by atoms with Crippen molar-refractivity contribution >= 4 is 17.8 Å². The van der Waals surface area contributed by atoms with Crippen LogP contribution in [0.25, 0.3) is 0 Å². The van der Waals surface area contributed by atoms with Crippen LogP contribution in [0.4, 0.5) is 0 Å². The molecular weight excluding hydrogens is 312 g/mol. The summed E-state index contributed by atoms with van der Waals surface area (Å²) in [5, 5.41) is 8.87. The lowest BCUT2D eigenvalue weighted by molar-refractivity contribution is -0.180. The zero-order chi connectivity index (χ0) is 18.2. The number of carbonyl (C=O) groups excluding carboxylic acids is 3. The maximum Gasteiger partial charge on any atom is 0.349 e. The van der Waals surface area contributed by atoms with Gasteiger partial charge in [-0.05, 0) is 30.5 Å². The first-order valence-corrected chi connectivity index (χ1v) is 7.53. The van der Waals surface area contributed by atoms with E-state index in [9.17, 15) is 14.4 Å². The number of ether oxygens (including phenoxy) is 1. The Hall–Kier alpha value is -2.88. The Kier molecular flexibility index (Phi) is 6.93. The Bertz CT molecular complexity index is 659. The lowest BCUT2D eigenvalue weighted by atomic mass is 9.82. The number of nitrogens with zero attached hydrogens (tertiary/aromatic N) is 1. The topological polar surface area (TPSA) is 105 Å². The van der Waals surface area contributed by atoms with Crippen molar-refractivity contribution in [2.75, 3.05) is 0 Å². The maximum atomic E-state index is 12.4. The highest BCUT2D eigenvalue weighted by molar-refractivity contribution is 6.00. The molecule has 1 aromatic carbocycles. The van der Waals surface area contributed by atoms with Crippen molar-refractivity contribution in [3.05, 3.63) is 35.4 Å². The molecule has 0 aliphatic rings. The van der Waals surface area contributed by atoms with Gasteiger partial charge in [-0.25, -0.2) is 4.79 Å². The smallest absolute Gasteiger partial charge is 0.349 e. The van der Waals surface area contributed by atoms with Gasteiger partial charge in [-0.3, -0.25) is 9.59 Å². The minimum atomic E-state index is -1.49. The second kappa shape index (κ2) is 8.67. The molecule has 0 aliphatic heterocycles. The average molecular weight is 332 g/mol. The second-order valence-corrected chi connectivity index (χ2v) is 5.23. The molecule has 7 nitrogen and oxygen atoms in total. The van der Waals surface area contributed by atoms with Crippen LogP contribution in [0.1, 0.15) is 44.7 Å². The second-order valence-electron chi connectivity index (χ2n) is 5.23. The predicted molar refractivity (Wildman–Crippen MR) is 83.9 cm³/mol. The molecule has 1 rings (SSSR count). The lowest BCUT2D eigenvalue weighted by Crippen LogP contribution is -2.43. The van der Waals surface area contributed by atoms with Crippen molar-refractivity contribution in [1.29, 1.82) is 5.26 Å². The number of hydrogen-bond donors (Lipinski definition) is 1. The van der Waals surface area contributed by atoms with Gasteiger partial charge in [0.25, 0.3) is 0 Å². The highest BCUT2D eigenvalue weighted by Gasteiger charge is 2.46. The van der Waals surface area contributed by atoms with E-state index in [-0.39, 0.29) is 19.4 Å². The molecule has 128 valence electrons. The van der Waals surface area contributed by atoms with Crippen LogP contribution in [-0.2, 0) is 30.6 Å². The van der Waals surface area contributed by atoms with Gasteiger partial charge in [-0.2, -0.15) is 10.7 Å². The lowest BCUT2D eigenvalue weighted by Gasteiger charge is -2.26. The largest absolute Gasteiger partial charge is 0.460 e. The third-order valence-electron chi connectivity index (χ3n) is 3.70. The number of hydrogen-bond acceptors (Lipinski definition) is 6. The summed E-state index contributed by atoms with van der Waals surface area (Å²) in [5.74, 6) is -2.14. The molecule has 1 N–H and O–H groups in total. The van der Waals surface area contributed by atoms with E-state index < -0.39 is 23.3 Å². The van der Waals surface area contributed by atoms with E-state index in [1.807, 2.05) is 11.5 Å². The fourth-order valence-electron chi connectivity index (χ4n) is 2.14. The van der Waals surface area contributed by atoms with Gasteiger partial charge >= 0.3 is 11.9 Å². The van der Waals surface area contributed by atoms with E-state index in [1.165, 1.54) is 6.92 Å². The summed E-state index contributed by atoms with van der Waals surface area (Å²) in [6.45, 7) is 4.45. The molecule has 0 aromatic heterocycles. The summed E-state index contributed by atoms with van der Waals surface area (Å²) in [4.78, 5) is 40.2. The van der Waals surface area contributed by atoms with Gasteiger partial charge in [0.1, 0.15) is 6.61 Å². The Morgan fingerprint density at radius 2 is 1.88 bits per heavy atom. The molecule has 0 atom stereocenters. The molecule has 0 saturated carbocycles.